The van der Waals surface area contributed by atoms with Crippen LogP contribution in [0.2, 0.25) is 0 Å². The number of fused-ring (bicyclic) bond motifs is 7. The molecule has 4 heteroatoms. The smallest absolute Gasteiger partial charge is 0.162 e. The number of hydrogen-bond acceptors (Lipinski definition) is 3. The quantitative estimate of drug-likeness (QED) is 0.184. The molecule has 10 rings (SSSR count). The van der Waals surface area contributed by atoms with Crippen molar-refractivity contribution in [1.29, 1.82) is 0 Å². The lowest BCUT2D eigenvalue weighted by atomic mass is 9.96. The van der Waals surface area contributed by atoms with Gasteiger partial charge in [0.15, 0.2) is 5.82 Å². The number of anilines is 3. The van der Waals surface area contributed by atoms with E-state index in [4.69, 9.17) is 9.97 Å². The maximum absolute atomic E-state index is 5.34. The van der Waals surface area contributed by atoms with Crippen molar-refractivity contribution >= 4 is 28.1 Å². The number of benzene rings is 7. The molecule has 3 heterocycles. The van der Waals surface area contributed by atoms with Crippen LogP contribution in [0.1, 0.15) is 0 Å². The van der Waals surface area contributed by atoms with Crippen molar-refractivity contribution in [3.63, 3.8) is 0 Å². The number of nitrogens with zero attached hydrogens (tertiary/aromatic N) is 4. The zero-order valence-corrected chi connectivity index (χ0v) is 28.3. The Balaban J connectivity index is 1.32. The lowest BCUT2D eigenvalue weighted by Crippen LogP contribution is -2.14. The molecule has 0 fully saturated rings. The van der Waals surface area contributed by atoms with Gasteiger partial charge in [0.05, 0.1) is 28.3 Å². The molecule has 2 aromatic heterocycles. The summed E-state index contributed by atoms with van der Waals surface area (Å²) in [6, 6.07) is 68.5. The van der Waals surface area contributed by atoms with Gasteiger partial charge in [0, 0.05) is 50.5 Å². The van der Waals surface area contributed by atoms with Gasteiger partial charge in [-0.3, -0.25) is 4.90 Å². The third-order valence-corrected chi connectivity index (χ3v) is 9.95. The fourth-order valence-electron chi connectivity index (χ4n) is 7.70. The molecule has 1 aliphatic rings. The van der Waals surface area contributed by atoms with Crippen LogP contribution < -0.4 is 4.90 Å². The first-order valence-electron chi connectivity index (χ1n) is 17.6. The van der Waals surface area contributed by atoms with Gasteiger partial charge in [0.2, 0.25) is 0 Å². The van der Waals surface area contributed by atoms with Crippen LogP contribution in [0.3, 0.4) is 0 Å². The molecule has 0 aliphatic carbocycles. The summed E-state index contributed by atoms with van der Waals surface area (Å²) in [6.45, 7) is 0. The summed E-state index contributed by atoms with van der Waals surface area (Å²) in [6.07, 6.45) is 0. The molecule has 4 nitrogen and oxygen atoms in total. The van der Waals surface area contributed by atoms with Gasteiger partial charge < -0.3 is 4.57 Å². The van der Waals surface area contributed by atoms with Crippen LogP contribution >= 0.6 is 0 Å². The standard InChI is InChI=1S/C48H32N4/c1-5-18-33(19-6-1)37-28-17-29-40-45-38-26-13-15-30-42(38)52(43-31-16-14-27-39(43)47(45)51(46(37)40)36-24-11-4-12-25-36)44-32-41(34-20-7-2-8-21-34)49-48(50-44)35-22-9-3-10-23-35/h1-32H. The first kappa shape index (κ1) is 29.8. The van der Waals surface area contributed by atoms with E-state index in [9.17, 15) is 0 Å². The van der Waals surface area contributed by atoms with Crippen molar-refractivity contribution in [2.75, 3.05) is 4.90 Å². The van der Waals surface area contributed by atoms with E-state index in [0.29, 0.717) is 5.82 Å². The summed E-state index contributed by atoms with van der Waals surface area (Å²) < 4.78 is 2.47. The summed E-state index contributed by atoms with van der Waals surface area (Å²) in [5.74, 6) is 1.48. The van der Waals surface area contributed by atoms with Gasteiger partial charge >= 0.3 is 0 Å². The Kier molecular flexibility index (Phi) is 7.10. The molecule has 9 aromatic rings. The third kappa shape index (κ3) is 4.84. The van der Waals surface area contributed by atoms with Gasteiger partial charge in [0.25, 0.3) is 0 Å². The molecule has 0 N–H and O–H groups in total. The second-order valence-electron chi connectivity index (χ2n) is 13.0. The molecule has 0 saturated heterocycles. The molecule has 1 aliphatic heterocycles. The van der Waals surface area contributed by atoms with Crippen LogP contribution in [-0.4, -0.2) is 14.5 Å². The fourth-order valence-corrected chi connectivity index (χ4v) is 7.70. The Bertz CT molecular complexity index is 2660. The highest BCUT2D eigenvalue weighted by Gasteiger charge is 2.33. The van der Waals surface area contributed by atoms with Crippen LogP contribution in [0.5, 0.6) is 0 Å². The molecule has 0 saturated carbocycles. The fraction of sp³-hybridized carbons (Fsp3) is 0. The minimum absolute atomic E-state index is 0.681. The Morgan fingerprint density at radius 1 is 0.404 bits per heavy atom. The molecular weight excluding hydrogens is 633 g/mol. The molecule has 0 spiro atoms. The highest BCUT2D eigenvalue weighted by molar-refractivity contribution is 6.15. The summed E-state index contributed by atoms with van der Waals surface area (Å²) in [4.78, 5) is 12.8. The van der Waals surface area contributed by atoms with Gasteiger partial charge in [-0.1, -0.05) is 164 Å². The van der Waals surface area contributed by atoms with E-state index in [-0.39, 0.29) is 0 Å². The van der Waals surface area contributed by atoms with E-state index >= 15 is 0 Å². The highest BCUT2D eigenvalue weighted by atomic mass is 15.2. The Hall–Kier alpha value is -7.04. The van der Waals surface area contributed by atoms with E-state index in [1.807, 2.05) is 24.3 Å². The van der Waals surface area contributed by atoms with E-state index in [1.54, 1.807) is 0 Å². The van der Waals surface area contributed by atoms with Crippen molar-refractivity contribution in [2.45, 2.75) is 0 Å². The van der Waals surface area contributed by atoms with Gasteiger partial charge in [-0.2, -0.15) is 0 Å². The van der Waals surface area contributed by atoms with Crippen LogP contribution in [0.4, 0.5) is 17.2 Å². The summed E-state index contributed by atoms with van der Waals surface area (Å²) in [5.41, 5.74) is 14.3. The Morgan fingerprint density at radius 3 is 1.63 bits per heavy atom. The van der Waals surface area contributed by atoms with Crippen LogP contribution in [0.25, 0.3) is 72.7 Å². The molecule has 244 valence electrons. The first-order valence-corrected chi connectivity index (χ1v) is 17.6. The topological polar surface area (TPSA) is 34.0 Å². The SMILES string of the molecule is c1ccc(-c2cc(N3c4ccccc4-c4c(n(-c5ccccc5)c5c(-c6ccccc6)cccc45)-c4ccccc43)nc(-c3ccccc3)n2)cc1. The molecule has 0 atom stereocenters. The maximum atomic E-state index is 5.34. The number of para-hydroxylation sites is 4. The minimum atomic E-state index is 0.681. The van der Waals surface area contributed by atoms with Gasteiger partial charge in [-0.25, -0.2) is 9.97 Å². The Labute approximate surface area is 302 Å². The summed E-state index contributed by atoms with van der Waals surface area (Å²) in [7, 11) is 0. The molecule has 0 radical (unpaired) electrons. The lowest BCUT2D eigenvalue weighted by molar-refractivity contribution is 1.12. The molecule has 52 heavy (non-hydrogen) atoms. The van der Waals surface area contributed by atoms with Gasteiger partial charge in [-0.05, 0) is 29.8 Å². The van der Waals surface area contributed by atoms with Crippen LogP contribution in [0.15, 0.2) is 194 Å². The van der Waals surface area contributed by atoms with Gasteiger partial charge in [0.1, 0.15) is 5.82 Å². The molecule has 0 unspecified atom stereocenters. The number of aromatic nitrogens is 3. The van der Waals surface area contributed by atoms with Crippen LogP contribution in [0, 0.1) is 0 Å². The number of hydrogen-bond donors (Lipinski definition) is 0. The van der Waals surface area contributed by atoms with Crippen molar-refractivity contribution in [3.8, 4) is 61.8 Å². The van der Waals surface area contributed by atoms with E-state index in [2.05, 4.69) is 179 Å². The second kappa shape index (κ2) is 12.4. The number of rotatable bonds is 5. The van der Waals surface area contributed by atoms with Gasteiger partial charge in [-0.15, -0.1) is 0 Å². The normalized spacial score (nSPS) is 11.8. The average Bonchev–Trinajstić information content (AvgIpc) is 3.51. The predicted octanol–water partition coefficient (Wildman–Crippen LogP) is 12.5. The zero-order chi connectivity index (χ0) is 34.4. The molecule has 0 amide bonds. The highest BCUT2D eigenvalue weighted by Crippen LogP contribution is 2.55. The molecule has 0 bridgehead atoms. The summed E-state index contributed by atoms with van der Waals surface area (Å²) in [5, 5.41) is 1.20. The van der Waals surface area contributed by atoms with Crippen molar-refractivity contribution in [1.82, 2.24) is 14.5 Å². The first-order chi connectivity index (χ1) is 25.8. The zero-order valence-electron chi connectivity index (χ0n) is 28.3. The van der Waals surface area contributed by atoms with E-state index in [0.717, 1.165) is 56.5 Å². The van der Waals surface area contributed by atoms with Crippen LogP contribution in [-0.2, 0) is 0 Å². The third-order valence-electron chi connectivity index (χ3n) is 9.95. The Morgan fingerprint density at radius 2 is 0.942 bits per heavy atom. The van der Waals surface area contributed by atoms with E-state index < -0.39 is 0 Å². The predicted molar refractivity (Wildman–Crippen MR) is 214 cm³/mol. The minimum Gasteiger partial charge on any atom is -0.308 e. The monoisotopic (exact) mass is 664 g/mol. The summed E-state index contributed by atoms with van der Waals surface area (Å²) >= 11 is 0. The maximum Gasteiger partial charge on any atom is 0.162 e. The van der Waals surface area contributed by atoms with Crippen molar-refractivity contribution < 1.29 is 0 Å². The van der Waals surface area contributed by atoms with E-state index in [1.165, 1.54) is 27.6 Å². The average molecular weight is 665 g/mol. The molecular formula is C48H32N4. The second-order valence-corrected chi connectivity index (χ2v) is 13.0. The van der Waals surface area contributed by atoms with Crippen molar-refractivity contribution in [2.24, 2.45) is 0 Å². The van der Waals surface area contributed by atoms with Crippen molar-refractivity contribution in [3.05, 3.63) is 194 Å². The molecule has 7 aromatic carbocycles. The lowest BCUT2D eigenvalue weighted by Gasteiger charge is -2.27. The largest absolute Gasteiger partial charge is 0.308 e.